The molecular weight excluding hydrogens is 534 g/mol. The van der Waals surface area contributed by atoms with Crippen LogP contribution in [0.4, 0.5) is 0 Å². The van der Waals surface area contributed by atoms with Gasteiger partial charge in [0.25, 0.3) is 0 Å². The highest BCUT2D eigenvalue weighted by Gasteiger charge is 2.48. The number of nitrogens with zero attached hydrogens (tertiary/aromatic N) is 1. The third-order valence-electron chi connectivity index (χ3n) is 7.86. The molecule has 0 atom stereocenters. The lowest BCUT2D eigenvalue weighted by atomic mass is 9.63. The number of benzene rings is 2. The van der Waals surface area contributed by atoms with Gasteiger partial charge in [-0.15, -0.1) is 0 Å². The molecule has 6 nitrogen and oxygen atoms in total. The summed E-state index contributed by atoms with van der Waals surface area (Å²) in [7, 11) is -4.08. The maximum absolute atomic E-state index is 13.7. The molecule has 1 heterocycles. The Morgan fingerprint density at radius 1 is 0.872 bits per heavy atom. The second-order valence-electron chi connectivity index (χ2n) is 12.3. The summed E-state index contributed by atoms with van der Waals surface area (Å²) in [5, 5.41) is 0.0985. The molecule has 0 N–H and O–H groups in total. The first-order chi connectivity index (χ1) is 18.2. The average Bonchev–Trinajstić information content (AvgIpc) is 2.83. The lowest BCUT2D eigenvalue weighted by molar-refractivity contribution is -0.119. The lowest BCUT2D eigenvalue weighted by Gasteiger charge is -2.48. The second kappa shape index (κ2) is 9.63. The van der Waals surface area contributed by atoms with Crippen molar-refractivity contribution >= 4 is 33.3 Å². The van der Waals surface area contributed by atoms with Crippen LogP contribution in [-0.4, -0.2) is 31.4 Å². The maximum atomic E-state index is 13.7. The zero-order chi connectivity index (χ0) is 28.3. The normalized spacial score (nSPS) is 21.1. The summed E-state index contributed by atoms with van der Waals surface area (Å²) >= 11 is 6.61. The minimum absolute atomic E-state index is 0.00845. The van der Waals surface area contributed by atoms with Crippen LogP contribution in [0.15, 0.2) is 76.0 Å². The van der Waals surface area contributed by atoms with E-state index in [1.807, 2.05) is 0 Å². The number of allylic oxidation sites excluding steroid dienone is 4. The molecule has 39 heavy (non-hydrogen) atoms. The molecule has 0 unspecified atom stereocenters. The van der Waals surface area contributed by atoms with Gasteiger partial charge in [-0.05, 0) is 60.4 Å². The second-order valence-corrected chi connectivity index (χ2v) is 14.3. The van der Waals surface area contributed by atoms with Gasteiger partial charge in [-0.1, -0.05) is 63.6 Å². The highest BCUT2D eigenvalue weighted by atomic mass is 35.5. The van der Waals surface area contributed by atoms with Crippen LogP contribution in [0.25, 0.3) is 0 Å². The summed E-state index contributed by atoms with van der Waals surface area (Å²) < 4.78 is 31.0. The monoisotopic (exact) mass is 567 g/mol. The molecule has 2 aromatic rings. The van der Waals surface area contributed by atoms with Crippen LogP contribution in [0.5, 0.6) is 5.75 Å². The van der Waals surface area contributed by atoms with Gasteiger partial charge in [0.15, 0.2) is 17.3 Å². The number of ketones is 2. The average molecular weight is 568 g/mol. The van der Waals surface area contributed by atoms with Crippen LogP contribution in [0.2, 0.25) is 5.02 Å². The van der Waals surface area contributed by atoms with Crippen LogP contribution < -0.4 is 4.18 Å². The molecule has 2 aliphatic carbocycles. The first-order valence-corrected chi connectivity index (χ1v) is 15.1. The summed E-state index contributed by atoms with van der Waals surface area (Å²) in [6.45, 7) is 11.1. The number of carbonyl (C=O) groups is 2. The quantitative estimate of drug-likeness (QED) is 0.369. The van der Waals surface area contributed by atoms with Crippen LogP contribution in [0.1, 0.15) is 71.8 Å². The molecular formula is C31H34ClNO5S. The fourth-order valence-corrected chi connectivity index (χ4v) is 7.52. The number of hydrogen-bond donors (Lipinski definition) is 0. The highest BCUT2D eigenvalue weighted by molar-refractivity contribution is 7.87. The lowest BCUT2D eigenvalue weighted by Crippen LogP contribution is -2.44. The molecule has 0 spiro atoms. The molecule has 1 aliphatic heterocycles. The molecule has 206 valence electrons. The fraction of sp³-hybridized carbons (Fsp3) is 0.419. The standard InChI is InChI=1S/C31H34ClNO5S/c1-6-33-22-15-30(2,3)17-24(34)28(22)27(29-23(33)16-31(4,5)18-25(29)35)19-12-13-26(21(32)14-19)38-39(36,37)20-10-8-7-9-11-20/h7-14,27H,6,15-18H2,1-5H3. The van der Waals surface area contributed by atoms with Crippen molar-refractivity contribution in [3.63, 3.8) is 0 Å². The van der Waals surface area contributed by atoms with Gasteiger partial charge in [0.2, 0.25) is 0 Å². The van der Waals surface area contributed by atoms with Crippen molar-refractivity contribution in [1.82, 2.24) is 4.90 Å². The highest BCUT2D eigenvalue weighted by Crippen LogP contribution is 2.54. The molecule has 0 saturated heterocycles. The largest absolute Gasteiger partial charge is 0.377 e. The summed E-state index contributed by atoms with van der Waals surface area (Å²) in [6.07, 6.45) is 2.25. The van der Waals surface area contributed by atoms with E-state index in [9.17, 15) is 18.0 Å². The van der Waals surface area contributed by atoms with E-state index >= 15 is 0 Å². The summed E-state index contributed by atoms with van der Waals surface area (Å²) in [4.78, 5) is 29.7. The van der Waals surface area contributed by atoms with Crippen LogP contribution in [0.3, 0.4) is 0 Å². The van der Waals surface area contributed by atoms with Crippen molar-refractivity contribution in [2.75, 3.05) is 6.54 Å². The Balaban J connectivity index is 1.63. The minimum atomic E-state index is -4.08. The van der Waals surface area contributed by atoms with E-state index in [2.05, 4.69) is 39.5 Å². The number of Topliss-reactive ketones (excluding diaryl/α,β-unsaturated/α-hetero) is 2. The minimum Gasteiger partial charge on any atom is -0.377 e. The van der Waals surface area contributed by atoms with Crippen molar-refractivity contribution in [2.45, 2.75) is 71.1 Å². The third kappa shape index (κ3) is 5.07. The van der Waals surface area contributed by atoms with E-state index in [-0.39, 0.29) is 38.1 Å². The van der Waals surface area contributed by atoms with Crippen LogP contribution in [0, 0.1) is 10.8 Å². The van der Waals surface area contributed by atoms with Crippen molar-refractivity contribution < 1.29 is 22.2 Å². The van der Waals surface area contributed by atoms with E-state index in [1.54, 1.807) is 30.3 Å². The third-order valence-corrected chi connectivity index (χ3v) is 9.40. The SMILES string of the molecule is CCN1C2=C(C(=O)CC(C)(C)C2)C(c2ccc(OS(=O)(=O)c3ccccc3)c(Cl)c2)C2=C1CC(C)(C)CC2=O. The van der Waals surface area contributed by atoms with E-state index in [4.69, 9.17) is 15.8 Å². The molecule has 0 aromatic heterocycles. The van der Waals surface area contributed by atoms with E-state index in [1.165, 1.54) is 18.2 Å². The van der Waals surface area contributed by atoms with Gasteiger partial charge in [0.05, 0.1) is 5.02 Å². The van der Waals surface area contributed by atoms with Crippen LogP contribution in [-0.2, 0) is 19.7 Å². The van der Waals surface area contributed by atoms with Crippen molar-refractivity contribution in [3.8, 4) is 5.75 Å². The molecule has 0 amide bonds. The molecule has 0 saturated carbocycles. The predicted molar refractivity (Wildman–Crippen MR) is 151 cm³/mol. The summed E-state index contributed by atoms with van der Waals surface area (Å²) in [6, 6.07) is 12.7. The van der Waals surface area contributed by atoms with Gasteiger partial charge in [0, 0.05) is 47.8 Å². The fourth-order valence-electron chi connectivity index (χ4n) is 6.28. The Bertz CT molecular complexity index is 1480. The Kier molecular flexibility index (Phi) is 6.83. The Labute approximate surface area is 235 Å². The zero-order valence-corrected chi connectivity index (χ0v) is 24.6. The molecule has 0 fully saturated rings. The van der Waals surface area contributed by atoms with Gasteiger partial charge in [-0.3, -0.25) is 9.59 Å². The van der Waals surface area contributed by atoms with Gasteiger partial charge in [0.1, 0.15) is 4.90 Å². The van der Waals surface area contributed by atoms with E-state index < -0.39 is 16.0 Å². The number of carbonyl (C=O) groups excluding carboxylic acids is 2. The topological polar surface area (TPSA) is 80.8 Å². The Morgan fingerprint density at radius 2 is 1.41 bits per heavy atom. The van der Waals surface area contributed by atoms with Crippen LogP contribution >= 0.6 is 11.6 Å². The zero-order valence-electron chi connectivity index (χ0n) is 23.0. The van der Waals surface area contributed by atoms with Crippen molar-refractivity contribution in [1.29, 1.82) is 0 Å². The molecule has 2 aromatic carbocycles. The van der Waals surface area contributed by atoms with Crippen molar-refractivity contribution in [3.05, 3.63) is 81.7 Å². The molecule has 5 rings (SSSR count). The number of rotatable bonds is 5. The molecule has 0 radical (unpaired) electrons. The van der Waals surface area contributed by atoms with Gasteiger partial charge in [-0.2, -0.15) is 8.42 Å². The smallest absolute Gasteiger partial charge is 0.339 e. The molecule has 0 bridgehead atoms. The first-order valence-electron chi connectivity index (χ1n) is 13.3. The summed E-state index contributed by atoms with van der Waals surface area (Å²) in [5.74, 6) is -0.484. The Morgan fingerprint density at radius 3 is 1.90 bits per heavy atom. The van der Waals surface area contributed by atoms with E-state index in [0.29, 0.717) is 36.1 Å². The molecule has 3 aliphatic rings. The summed E-state index contributed by atoms with van der Waals surface area (Å²) in [5.41, 5.74) is 3.57. The predicted octanol–water partition coefficient (Wildman–Crippen LogP) is 6.81. The van der Waals surface area contributed by atoms with Gasteiger partial charge in [-0.25, -0.2) is 0 Å². The van der Waals surface area contributed by atoms with E-state index in [0.717, 1.165) is 24.2 Å². The maximum Gasteiger partial charge on any atom is 0.339 e. The number of hydrogen-bond acceptors (Lipinski definition) is 6. The van der Waals surface area contributed by atoms with Gasteiger partial charge < -0.3 is 9.08 Å². The first kappa shape index (κ1) is 27.7. The number of halogens is 1. The van der Waals surface area contributed by atoms with Gasteiger partial charge >= 0.3 is 10.1 Å². The molecule has 8 heteroatoms. The van der Waals surface area contributed by atoms with Crippen molar-refractivity contribution in [2.24, 2.45) is 10.8 Å². The Hall–Kier alpha value is -2.90.